The van der Waals surface area contributed by atoms with Gasteiger partial charge in [-0.05, 0) is 6.07 Å². The van der Waals surface area contributed by atoms with E-state index >= 15 is 0 Å². The van der Waals surface area contributed by atoms with Crippen molar-refractivity contribution in [3.63, 3.8) is 0 Å². The number of carbonyl (C=O) groups is 2. The Morgan fingerprint density at radius 1 is 1.67 bits per heavy atom. The Balaban J connectivity index is 3.32. The van der Waals surface area contributed by atoms with E-state index in [0.717, 1.165) is 0 Å². The largest absolute Gasteiger partial charge is 0.505 e. The van der Waals surface area contributed by atoms with Crippen molar-refractivity contribution in [2.75, 3.05) is 0 Å². The summed E-state index contributed by atoms with van der Waals surface area (Å²) in [5.41, 5.74) is 0.00907. The van der Waals surface area contributed by atoms with Gasteiger partial charge in [-0.25, -0.2) is 4.98 Å². The van der Waals surface area contributed by atoms with Gasteiger partial charge < -0.3 is 5.11 Å². The number of pyridine rings is 1. The van der Waals surface area contributed by atoms with Crippen molar-refractivity contribution >= 4 is 12.1 Å². The molecule has 12 heavy (non-hydrogen) atoms. The van der Waals surface area contributed by atoms with E-state index < -0.39 is 0 Å². The molecule has 1 aromatic rings. The van der Waals surface area contributed by atoms with Crippen LogP contribution in [0.3, 0.4) is 0 Å². The van der Waals surface area contributed by atoms with Crippen LogP contribution in [0.4, 0.5) is 0 Å². The standard InChI is InChI=1S/C8H7NO3/c1-5(11)7-8(12)6(4-10)2-3-9-7/h2-4,12H,1H3. The van der Waals surface area contributed by atoms with Crippen molar-refractivity contribution in [1.29, 1.82) is 0 Å². The maximum absolute atomic E-state index is 10.8. The molecule has 0 aliphatic heterocycles. The highest BCUT2D eigenvalue weighted by atomic mass is 16.3. The highest BCUT2D eigenvalue weighted by Crippen LogP contribution is 2.18. The van der Waals surface area contributed by atoms with Crippen molar-refractivity contribution in [1.82, 2.24) is 4.98 Å². The Morgan fingerprint density at radius 3 is 2.83 bits per heavy atom. The molecule has 1 aromatic heterocycles. The fourth-order valence-electron chi connectivity index (χ4n) is 0.822. The average Bonchev–Trinajstić information content (AvgIpc) is 2.04. The van der Waals surface area contributed by atoms with Gasteiger partial charge in [0, 0.05) is 13.1 Å². The Hall–Kier alpha value is -1.71. The number of hydrogen-bond donors (Lipinski definition) is 1. The summed E-state index contributed by atoms with van der Waals surface area (Å²) in [6.07, 6.45) is 1.78. The minimum absolute atomic E-state index is 0.0698. The second-order valence-electron chi connectivity index (χ2n) is 2.27. The number of nitrogens with zero attached hydrogens (tertiary/aromatic N) is 1. The van der Waals surface area contributed by atoms with Gasteiger partial charge >= 0.3 is 0 Å². The maximum Gasteiger partial charge on any atom is 0.181 e. The van der Waals surface area contributed by atoms with E-state index in [4.69, 9.17) is 0 Å². The van der Waals surface area contributed by atoms with Crippen LogP contribution >= 0.6 is 0 Å². The van der Waals surface area contributed by atoms with Crippen LogP contribution in [0.5, 0.6) is 5.75 Å². The minimum Gasteiger partial charge on any atom is -0.505 e. The zero-order valence-corrected chi connectivity index (χ0v) is 6.44. The molecule has 0 spiro atoms. The van der Waals surface area contributed by atoms with Crippen molar-refractivity contribution < 1.29 is 14.7 Å². The first-order valence-electron chi connectivity index (χ1n) is 3.31. The molecule has 62 valence electrons. The van der Waals surface area contributed by atoms with E-state index in [-0.39, 0.29) is 22.8 Å². The van der Waals surface area contributed by atoms with Gasteiger partial charge in [0.05, 0.1) is 5.56 Å². The third-order valence-corrected chi connectivity index (χ3v) is 1.42. The molecule has 0 aliphatic rings. The molecule has 0 bridgehead atoms. The first-order chi connectivity index (χ1) is 5.66. The number of ketones is 1. The molecule has 4 heteroatoms. The Morgan fingerprint density at radius 2 is 2.33 bits per heavy atom. The molecule has 0 aromatic carbocycles. The SMILES string of the molecule is CC(=O)c1nccc(C=O)c1O. The van der Waals surface area contributed by atoms with Crippen molar-refractivity contribution in [2.45, 2.75) is 6.92 Å². The van der Waals surface area contributed by atoms with Crippen LogP contribution in [0.1, 0.15) is 27.8 Å². The molecule has 0 saturated carbocycles. The Labute approximate surface area is 68.9 Å². The number of aromatic nitrogens is 1. The summed E-state index contributed by atoms with van der Waals surface area (Å²) in [6, 6.07) is 1.34. The van der Waals surface area contributed by atoms with E-state index in [0.29, 0.717) is 6.29 Å². The van der Waals surface area contributed by atoms with Gasteiger partial charge in [0.1, 0.15) is 5.69 Å². The molecule has 1 N–H and O–H groups in total. The van der Waals surface area contributed by atoms with Crippen LogP contribution in [0.25, 0.3) is 0 Å². The lowest BCUT2D eigenvalue weighted by Gasteiger charge is -1.99. The molecule has 1 heterocycles. The smallest absolute Gasteiger partial charge is 0.181 e. The van der Waals surface area contributed by atoms with Gasteiger partial charge in [0.15, 0.2) is 17.8 Å². The average molecular weight is 165 g/mol. The molecule has 4 nitrogen and oxygen atoms in total. The van der Waals surface area contributed by atoms with Gasteiger partial charge in [-0.1, -0.05) is 0 Å². The van der Waals surface area contributed by atoms with E-state index in [9.17, 15) is 14.7 Å². The van der Waals surface area contributed by atoms with Crippen LogP contribution < -0.4 is 0 Å². The highest BCUT2D eigenvalue weighted by Gasteiger charge is 2.10. The summed E-state index contributed by atoms with van der Waals surface area (Å²) in [4.78, 5) is 24.7. The monoisotopic (exact) mass is 165 g/mol. The summed E-state index contributed by atoms with van der Waals surface area (Å²) in [5.74, 6) is -0.712. The zero-order valence-electron chi connectivity index (χ0n) is 6.44. The molecular formula is C8H7NO3. The third-order valence-electron chi connectivity index (χ3n) is 1.42. The first-order valence-corrected chi connectivity index (χ1v) is 3.31. The van der Waals surface area contributed by atoms with Gasteiger partial charge in [-0.2, -0.15) is 0 Å². The number of rotatable bonds is 2. The van der Waals surface area contributed by atoms with E-state index in [2.05, 4.69) is 4.98 Å². The second kappa shape index (κ2) is 3.13. The normalized spacial score (nSPS) is 9.42. The molecule has 0 amide bonds. The van der Waals surface area contributed by atoms with Gasteiger partial charge in [-0.3, -0.25) is 9.59 Å². The van der Waals surface area contributed by atoms with Crippen molar-refractivity contribution in [2.24, 2.45) is 0 Å². The lowest BCUT2D eigenvalue weighted by molar-refractivity contribution is 0.101. The highest BCUT2D eigenvalue weighted by molar-refractivity contribution is 5.97. The number of aldehydes is 1. The summed E-state index contributed by atoms with van der Waals surface area (Å²) in [5, 5.41) is 9.24. The van der Waals surface area contributed by atoms with E-state index in [1.807, 2.05) is 0 Å². The molecule has 0 unspecified atom stereocenters. The molecule has 0 radical (unpaired) electrons. The summed E-state index contributed by atoms with van der Waals surface area (Å²) < 4.78 is 0. The van der Waals surface area contributed by atoms with Crippen LogP contribution in [0.2, 0.25) is 0 Å². The third kappa shape index (κ3) is 1.32. The maximum atomic E-state index is 10.8. The topological polar surface area (TPSA) is 67.3 Å². The van der Waals surface area contributed by atoms with Crippen LogP contribution in [-0.2, 0) is 0 Å². The molecule has 1 rings (SSSR count). The Bertz CT molecular complexity index is 333. The Kier molecular flexibility index (Phi) is 2.19. The van der Waals surface area contributed by atoms with Gasteiger partial charge in [0.25, 0.3) is 0 Å². The quantitative estimate of drug-likeness (QED) is 0.520. The summed E-state index contributed by atoms with van der Waals surface area (Å²) in [6.45, 7) is 1.27. The van der Waals surface area contributed by atoms with E-state index in [1.54, 1.807) is 0 Å². The second-order valence-corrected chi connectivity index (χ2v) is 2.27. The predicted octanol–water partition coefficient (Wildman–Crippen LogP) is 0.802. The molecule has 0 saturated heterocycles. The summed E-state index contributed by atoms with van der Waals surface area (Å²) >= 11 is 0. The lowest BCUT2D eigenvalue weighted by atomic mass is 10.2. The predicted molar refractivity (Wildman–Crippen MR) is 41.3 cm³/mol. The number of Topliss-reactive ketones (excluding diaryl/α,β-unsaturated/α-hetero) is 1. The van der Waals surface area contributed by atoms with Crippen molar-refractivity contribution in [3.8, 4) is 5.75 Å². The van der Waals surface area contributed by atoms with Crippen LogP contribution in [-0.4, -0.2) is 22.2 Å². The van der Waals surface area contributed by atoms with Gasteiger partial charge in [-0.15, -0.1) is 0 Å². The molecule has 0 fully saturated rings. The number of aromatic hydroxyl groups is 1. The summed E-state index contributed by atoms with van der Waals surface area (Å²) in [7, 11) is 0. The minimum atomic E-state index is -0.365. The number of hydrogen-bond acceptors (Lipinski definition) is 4. The van der Waals surface area contributed by atoms with Gasteiger partial charge in [0.2, 0.25) is 0 Å². The van der Waals surface area contributed by atoms with E-state index in [1.165, 1.54) is 19.2 Å². The van der Waals surface area contributed by atoms with Crippen molar-refractivity contribution in [3.05, 3.63) is 23.5 Å². The lowest BCUT2D eigenvalue weighted by Crippen LogP contribution is -1.98. The molecule has 0 atom stereocenters. The fraction of sp³-hybridized carbons (Fsp3) is 0.125. The molecular weight excluding hydrogens is 158 g/mol. The van der Waals surface area contributed by atoms with Crippen LogP contribution in [0.15, 0.2) is 12.3 Å². The van der Waals surface area contributed by atoms with Crippen LogP contribution in [0, 0.1) is 0 Å². The number of carbonyl (C=O) groups excluding carboxylic acids is 2. The zero-order chi connectivity index (χ0) is 9.14. The fourth-order valence-corrected chi connectivity index (χ4v) is 0.822. The molecule has 0 aliphatic carbocycles. The first kappa shape index (κ1) is 8.39.